The molecule has 10 heteroatoms. The monoisotopic (exact) mass is 770 g/mol. The quantitative estimate of drug-likeness (QED) is 0.170. The summed E-state index contributed by atoms with van der Waals surface area (Å²) in [6, 6.07) is 0. The third-order valence-electron chi connectivity index (χ3n) is 8.12. The molecule has 0 saturated carbocycles. The molecule has 0 saturated heterocycles. The van der Waals surface area contributed by atoms with E-state index in [0.29, 0.717) is 0 Å². The van der Waals surface area contributed by atoms with E-state index in [1.807, 2.05) is 0 Å². The third-order valence-corrected chi connectivity index (χ3v) is 52.7. The lowest BCUT2D eigenvalue weighted by atomic mass is 11.3. The number of rotatable bonds is 0. The van der Waals surface area contributed by atoms with Crippen LogP contribution in [-0.2, 0) is 0 Å². The van der Waals surface area contributed by atoms with Gasteiger partial charge < -0.3 is 0 Å². The Bertz CT molecular complexity index is 1070. The van der Waals surface area contributed by atoms with Crippen molar-refractivity contribution in [2.24, 2.45) is 0 Å². The molecule has 0 bridgehead atoms. The van der Waals surface area contributed by atoms with Gasteiger partial charge in [-0.3, -0.25) is 0 Å². The van der Waals surface area contributed by atoms with Crippen molar-refractivity contribution >= 4 is 80.7 Å². The van der Waals surface area contributed by atoms with E-state index in [0.717, 1.165) is 0 Å². The van der Waals surface area contributed by atoms with Crippen LogP contribution in [0.3, 0.4) is 0 Å². The molecular formula is C35H70Si10. The molecule has 45 heavy (non-hydrogen) atoms. The normalized spacial score (nSPS) is 27.1. The van der Waals surface area contributed by atoms with Crippen LogP contribution in [0.5, 0.6) is 0 Å². The molecule has 0 aromatic heterocycles. The van der Waals surface area contributed by atoms with Gasteiger partial charge in [0.25, 0.3) is 0 Å². The summed E-state index contributed by atoms with van der Waals surface area (Å²) in [4.78, 5) is 0. The lowest BCUT2D eigenvalue weighted by Crippen LogP contribution is -2.42. The molecule has 0 aliphatic carbocycles. The zero-order chi connectivity index (χ0) is 35.6. The van der Waals surface area contributed by atoms with Crippen molar-refractivity contribution in [2.75, 3.05) is 0 Å². The van der Waals surface area contributed by atoms with E-state index in [4.69, 9.17) is 0 Å². The highest BCUT2D eigenvalue weighted by atomic mass is 28.4. The van der Waals surface area contributed by atoms with Gasteiger partial charge >= 0.3 is 0 Å². The van der Waals surface area contributed by atoms with Gasteiger partial charge in [-0.05, 0) is 28.3 Å². The fourth-order valence-electron chi connectivity index (χ4n) is 7.66. The van der Waals surface area contributed by atoms with Gasteiger partial charge in [0.1, 0.15) is 80.7 Å². The molecule has 0 N–H and O–H groups in total. The van der Waals surface area contributed by atoms with E-state index in [-0.39, 0.29) is 0 Å². The molecule has 0 aromatic carbocycles. The lowest BCUT2D eigenvalue weighted by molar-refractivity contribution is 1.59. The molecule has 1 aliphatic heterocycles. The lowest BCUT2D eigenvalue weighted by Gasteiger charge is -2.28. The molecular weight excluding hydrogens is 701 g/mol. The topological polar surface area (TPSA) is 0 Å². The second-order valence-electron chi connectivity index (χ2n) is 21.0. The fraction of sp³-hybridized carbons (Fsp3) is 0.714. The van der Waals surface area contributed by atoms with Gasteiger partial charge in [-0.15, -0.1) is 55.4 Å². The van der Waals surface area contributed by atoms with Crippen molar-refractivity contribution in [2.45, 2.75) is 159 Å². The van der Waals surface area contributed by atoms with Crippen LogP contribution in [0, 0.1) is 55.4 Å². The number of hydrogen-bond donors (Lipinski definition) is 0. The molecule has 1 rings (SSSR count). The maximum Gasteiger partial charge on any atom is 0.129 e. The van der Waals surface area contributed by atoms with Crippen LogP contribution >= 0.6 is 0 Å². The van der Waals surface area contributed by atoms with E-state index in [1.54, 1.807) is 0 Å². The predicted molar refractivity (Wildman–Crippen MR) is 238 cm³/mol. The molecule has 0 unspecified atom stereocenters. The van der Waals surface area contributed by atoms with Gasteiger partial charge in [-0.1, -0.05) is 131 Å². The summed E-state index contributed by atoms with van der Waals surface area (Å²) in [6.45, 7) is 50.0. The van der Waals surface area contributed by atoms with Crippen molar-refractivity contribution < 1.29 is 0 Å². The molecule has 0 nitrogen and oxygen atoms in total. The molecule has 0 radical (unpaired) electrons. The van der Waals surface area contributed by atoms with Crippen LogP contribution in [0.25, 0.3) is 0 Å². The van der Waals surface area contributed by atoms with Crippen molar-refractivity contribution in [3.63, 3.8) is 0 Å². The van der Waals surface area contributed by atoms with Gasteiger partial charge in [-0.2, -0.15) is 0 Å². The Morgan fingerprint density at radius 2 is 0.244 bits per heavy atom. The Labute approximate surface area is 293 Å². The molecule has 250 valence electrons. The van der Waals surface area contributed by atoms with Crippen molar-refractivity contribution in [3.05, 3.63) is 0 Å². The molecule has 0 aromatic rings. The minimum Gasteiger partial charge on any atom is -0.139 e. The average molecular weight is 772 g/mol. The standard InChI is InChI=1S/C35H70Si10/c1-36(2)21-22-38(5,6)32-40(9,10)25-26-42(13,14)34-44(17,18)29-30-45(19,20)35-43(15,16)28-27-41(11,12)33-39(7,8)24-23-37(3,4)31-36/h31-35H2,1-20H3. The van der Waals surface area contributed by atoms with Crippen molar-refractivity contribution in [1.29, 1.82) is 0 Å². The largest absolute Gasteiger partial charge is 0.139 e. The highest BCUT2D eigenvalue weighted by Gasteiger charge is 2.37. The molecule has 1 heterocycles. The predicted octanol–water partition coefficient (Wildman–Crippen LogP) is 10.2. The second kappa shape index (κ2) is 14.4. The SMILES string of the molecule is C[Si]1(C)C#C[Si](C)(C)C[Si](C)(C)C#C[Si](C)(C)C[Si](C)(C)C#C[Si](C)(C)C[Si](C)(C)C#C[Si](C)(C)C[Si](C)(C)C#C[Si](C)(C)C1. The Kier molecular flexibility index (Phi) is 13.8. The Hall–Kier alpha value is -0.0312. The molecule has 0 amide bonds. The first-order valence-corrected chi connectivity index (χ1v) is 49.4. The maximum absolute atomic E-state index is 3.97. The minimum atomic E-state index is -1.67. The summed E-state index contributed by atoms with van der Waals surface area (Å²) in [7, 11) is -16.7. The highest BCUT2D eigenvalue weighted by Crippen LogP contribution is 2.26. The van der Waals surface area contributed by atoms with E-state index >= 15 is 0 Å². The number of hydrogen-bond acceptors (Lipinski definition) is 0. The highest BCUT2D eigenvalue weighted by molar-refractivity contribution is 7.09. The Morgan fingerprint density at radius 1 is 0.178 bits per heavy atom. The summed E-state index contributed by atoms with van der Waals surface area (Å²) in [5, 5.41) is 0. The summed E-state index contributed by atoms with van der Waals surface area (Å²) in [5.74, 6) is 0. The molecule has 0 atom stereocenters. The van der Waals surface area contributed by atoms with Gasteiger partial charge in [0.15, 0.2) is 0 Å². The fourth-order valence-corrected chi connectivity index (χ4v) is 68.9. The van der Waals surface area contributed by atoms with Crippen LogP contribution in [0.4, 0.5) is 0 Å². The smallest absolute Gasteiger partial charge is 0.129 e. The minimum absolute atomic E-state index is 1.28. The summed E-state index contributed by atoms with van der Waals surface area (Å²) in [5.41, 5.74) is 46.1. The van der Waals surface area contributed by atoms with Gasteiger partial charge in [0, 0.05) is 0 Å². The van der Waals surface area contributed by atoms with Crippen LogP contribution in [0.2, 0.25) is 159 Å². The van der Waals surface area contributed by atoms with Crippen LogP contribution < -0.4 is 0 Å². The zero-order valence-electron chi connectivity index (χ0n) is 33.5. The van der Waals surface area contributed by atoms with Crippen LogP contribution in [-0.4, -0.2) is 80.7 Å². The van der Waals surface area contributed by atoms with E-state index in [9.17, 15) is 0 Å². The first kappa shape index (κ1) is 43.0. The Morgan fingerprint density at radius 3 is 0.311 bits per heavy atom. The summed E-state index contributed by atoms with van der Waals surface area (Å²) >= 11 is 0. The van der Waals surface area contributed by atoms with Crippen molar-refractivity contribution in [3.8, 4) is 55.4 Å². The molecule has 0 spiro atoms. The van der Waals surface area contributed by atoms with E-state index in [2.05, 4.69) is 186 Å². The van der Waals surface area contributed by atoms with E-state index in [1.165, 1.54) is 28.3 Å². The summed E-state index contributed by atoms with van der Waals surface area (Å²) in [6.07, 6.45) is 0. The van der Waals surface area contributed by atoms with Gasteiger partial charge in [0.2, 0.25) is 0 Å². The third kappa shape index (κ3) is 18.3. The van der Waals surface area contributed by atoms with Crippen molar-refractivity contribution in [1.82, 2.24) is 0 Å². The second-order valence-corrected chi connectivity index (χ2v) is 68.2. The molecule has 1 aliphatic rings. The summed E-state index contributed by atoms with van der Waals surface area (Å²) < 4.78 is 0. The van der Waals surface area contributed by atoms with Gasteiger partial charge in [0.05, 0.1) is 0 Å². The molecule has 0 fully saturated rings. The van der Waals surface area contributed by atoms with E-state index < -0.39 is 80.7 Å². The Balaban J connectivity index is 3.72. The zero-order valence-corrected chi connectivity index (χ0v) is 43.5. The first-order valence-electron chi connectivity index (χ1n) is 17.3. The van der Waals surface area contributed by atoms with Crippen LogP contribution in [0.1, 0.15) is 0 Å². The first-order chi connectivity index (χ1) is 19.6. The van der Waals surface area contributed by atoms with Gasteiger partial charge in [-0.25, -0.2) is 0 Å². The van der Waals surface area contributed by atoms with Crippen LogP contribution in [0.15, 0.2) is 0 Å². The average Bonchev–Trinajstić information content (AvgIpc) is 2.75. The maximum atomic E-state index is 3.97.